The molecule has 0 bridgehead atoms. The highest BCUT2D eigenvalue weighted by molar-refractivity contribution is 5.18. The van der Waals surface area contributed by atoms with Gasteiger partial charge in [-0.2, -0.15) is 5.26 Å². The maximum Gasteiger partial charge on any atom is 0.108 e. The van der Waals surface area contributed by atoms with Crippen LogP contribution in [0.5, 0.6) is 0 Å². The fourth-order valence-corrected chi connectivity index (χ4v) is 3.25. The number of aliphatic hydroxyl groups is 1. The van der Waals surface area contributed by atoms with Crippen LogP contribution in [0.1, 0.15) is 45.4 Å². The molecule has 0 amide bonds. The van der Waals surface area contributed by atoms with Gasteiger partial charge in [0.1, 0.15) is 5.60 Å². The Morgan fingerprint density at radius 2 is 2.00 bits per heavy atom. The topological polar surface area (TPSA) is 56.0 Å². The highest BCUT2D eigenvalue weighted by Gasteiger charge is 2.55. The van der Waals surface area contributed by atoms with E-state index < -0.39 is 11.0 Å². The number of nitrogens with one attached hydrogen (secondary N) is 1. The molecule has 0 radical (unpaired) electrons. The lowest BCUT2D eigenvalue weighted by Gasteiger charge is -2.51. The summed E-state index contributed by atoms with van der Waals surface area (Å²) in [6.07, 6.45) is 6.50. The molecule has 0 unspecified atom stereocenters. The van der Waals surface area contributed by atoms with Gasteiger partial charge < -0.3 is 10.4 Å². The van der Waals surface area contributed by atoms with Crippen molar-refractivity contribution >= 4 is 0 Å². The molecule has 90 valence electrons. The summed E-state index contributed by atoms with van der Waals surface area (Å²) in [4.78, 5) is 0. The van der Waals surface area contributed by atoms with Crippen LogP contribution in [-0.2, 0) is 0 Å². The van der Waals surface area contributed by atoms with Gasteiger partial charge in [0.05, 0.1) is 11.5 Å². The maximum atomic E-state index is 10.4. The molecule has 1 aliphatic carbocycles. The third-order valence-electron chi connectivity index (χ3n) is 4.60. The van der Waals surface area contributed by atoms with E-state index in [1.165, 1.54) is 12.8 Å². The Morgan fingerprint density at radius 3 is 2.38 bits per heavy atom. The van der Waals surface area contributed by atoms with Gasteiger partial charge in [-0.05, 0) is 31.6 Å². The smallest absolute Gasteiger partial charge is 0.108 e. The molecule has 0 aromatic rings. The molecule has 2 rings (SSSR count). The Balaban J connectivity index is 2.01. The molecule has 1 heterocycles. The quantitative estimate of drug-likeness (QED) is 0.766. The molecule has 0 atom stereocenters. The minimum Gasteiger partial charge on any atom is -0.386 e. The lowest BCUT2D eigenvalue weighted by Crippen LogP contribution is -2.68. The third-order valence-corrected chi connectivity index (χ3v) is 4.60. The molecule has 16 heavy (non-hydrogen) atoms. The summed E-state index contributed by atoms with van der Waals surface area (Å²) in [6.45, 7) is 3.41. The van der Waals surface area contributed by atoms with Crippen molar-refractivity contribution in [1.82, 2.24) is 5.32 Å². The second-order valence-electron chi connectivity index (χ2n) is 5.56. The van der Waals surface area contributed by atoms with Crippen LogP contribution in [0.3, 0.4) is 0 Å². The van der Waals surface area contributed by atoms with Gasteiger partial charge in [-0.3, -0.25) is 0 Å². The van der Waals surface area contributed by atoms with Gasteiger partial charge in [0.25, 0.3) is 0 Å². The third kappa shape index (κ3) is 1.74. The molecule has 1 saturated heterocycles. The van der Waals surface area contributed by atoms with E-state index in [2.05, 4.69) is 18.3 Å². The van der Waals surface area contributed by atoms with Crippen LogP contribution >= 0.6 is 0 Å². The normalized spacial score (nSPS) is 37.4. The Labute approximate surface area is 97.8 Å². The zero-order valence-corrected chi connectivity index (χ0v) is 10.1. The number of hydrogen-bond donors (Lipinski definition) is 2. The first-order chi connectivity index (χ1) is 7.66. The van der Waals surface area contributed by atoms with Crippen molar-refractivity contribution in [2.24, 2.45) is 11.3 Å². The number of nitrogens with zero attached hydrogens (tertiary/aromatic N) is 1. The van der Waals surface area contributed by atoms with Gasteiger partial charge in [0, 0.05) is 13.1 Å². The minimum atomic E-state index is -0.751. The van der Waals surface area contributed by atoms with Crippen LogP contribution in [0.15, 0.2) is 0 Å². The fraction of sp³-hybridized carbons (Fsp3) is 0.923. The number of nitriles is 1. The highest BCUT2D eigenvalue weighted by atomic mass is 16.3. The Hall–Kier alpha value is -0.590. The molecule has 0 spiro atoms. The van der Waals surface area contributed by atoms with E-state index in [-0.39, 0.29) is 0 Å². The average Bonchev–Trinajstić information content (AvgIpc) is 2.28. The van der Waals surface area contributed by atoms with Crippen LogP contribution in [0.2, 0.25) is 0 Å². The van der Waals surface area contributed by atoms with Crippen molar-refractivity contribution in [2.75, 3.05) is 13.1 Å². The average molecular weight is 222 g/mol. The highest BCUT2D eigenvalue weighted by Crippen LogP contribution is 2.48. The Kier molecular flexibility index (Phi) is 3.23. The minimum absolute atomic E-state index is 0.470. The van der Waals surface area contributed by atoms with Crippen molar-refractivity contribution in [3.63, 3.8) is 0 Å². The lowest BCUT2D eigenvalue weighted by atomic mass is 9.59. The molecular weight excluding hydrogens is 200 g/mol. The number of β-amino-alcohol motifs (C(OH)–C–C–N with tert-alkyl or cyclic N) is 1. The summed E-state index contributed by atoms with van der Waals surface area (Å²) in [6, 6.07) is 2.43. The van der Waals surface area contributed by atoms with E-state index in [9.17, 15) is 10.4 Å². The molecule has 2 fully saturated rings. The van der Waals surface area contributed by atoms with Crippen molar-refractivity contribution < 1.29 is 5.11 Å². The van der Waals surface area contributed by atoms with Crippen molar-refractivity contribution in [3.8, 4) is 6.07 Å². The number of hydrogen-bond acceptors (Lipinski definition) is 3. The number of rotatable bonds is 3. The summed E-state index contributed by atoms with van der Waals surface area (Å²) >= 11 is 0. The first-order valence-corrected chi connectivity index (χ1v) is 6.50. The molecule has 3 heteroatoms. The molecule has 2 N–H and O–H groups in total. The van der Waals surface area contributed by atoms with E-state index in [0.29, 0.717) is 13.1 Å². The molecule has 0 aromatic heterocycles. The van der Waals surface area contributed by atoms with Crippen LogP contribution in [0.4, 0.5) is 0 Å². The van der Waals surface area contributed by atoms with Crippen molar-refractivity contribution in [3.05, 3.63) is 0 Å². The zero-order valence-electron chi connectivity index (χ0n) is 10.1. The van der Waals surface area contributed by atoms with Crippen LogP contribution in [0.25, 0.3) is 0 Å². The van der Waals surface area contributed by atoms with Gasteiger partial charge >= 0.3 is 0 Å². The van der Waals surface area contributed by atoms with Gasteiger partial charge in [0.15, 0.2) is 0 Å². The summed E-state index contributed by atoms with van der Waals surface area (Å²) in [5.74, 6) is 0.781. The standard InChI is InChI=1S/C13H22N2O/c1-2-3-11-4-6-12(8-14,7-5-11)13(16)9-15-10-13/h11,15-16H,2-7,9-10H2,1H3. The van der Waals surface area contributed by atoms with Crippen molar-refractivity contribution in [2.45, 2.75) is 51.0 Å². The summed E-state index contributed by atoms with van der Waals surface area (Å²) < 4.78 is 0. The molecule has 2 aliphatic rings. The zero-order chi connectivity index (χ0) is 11.6. The van der Waals surface area contributed by atoms with Gasteiger partial charge in [-0.15, -0.1) is 0 Å². The van der Waals surface area contributed by atoms with Crippen LogP contribution in [-0.4, -0.2) is 23.8 Å². The van der Waals surface area contributed by atoms with Crippen molar-refractivity contribution in [1.29, 1.82) is 5.26 Å². The Morgan fingerprint density at radius 1 is 1.38 bits per heavy atom. The van der Waals surface area contributed by atoms with E-state index in [1.54, 1.807) is 0 Å². The SMILES string of the molecule is CCCC1CCC(C#N)(C2(O)CNC2)CC1. The maximum absolute atomic E-state index is 10.4. The first-order valence-electron chi connectivity index (χ1n) is 6.50. The summed E-state index contributed by atoms with van der Waals surface area (Å²) in [7, 11) is 0. The fourth-order valence-electron chi connectivity index (χ4n) is 3.25. The molecular formula is C13H22N2O. The van der Waals surface area contributed by atoms with Gasteiger partial charge in [-0.1, -0.05) is 19.8 Å². The lowest BCUT2D eigenvalue weighted by molar-refractivity contribution is -0.112. The van der Waals surface area contributed by atoms with Gasteiger partial charge in [0.2, 0.25) is 0 Å². The van der Waals surface area contributed by atoms with Crippen LogP contribution < -0.4 is 5.32 Å². The largest absolute Gasteiger partial charge is 0.386 e. The van der Waals surface area contributed by atoms with E-state index in [1.807, 2.05) is 0 Å². The summed E-state index contributed by atoms with van der Waals surface area (Å²) in [5.41, 5.74) is -1.22. The van der Waals surface area contributed by atoms with E-state index >= 15 is 0 Å². The second-order valence-corrected chi connectivity index (χ2v) is 5.56. The second kappa shape index (κ2) is 4.35. The van der Waals surface area contributed by atoms with E-state index in [4.69, 9.17) is 0 Å². The van der Waals surface area contributed by atoms with Gasteiger partial charge in [-0.25, -0.2) is 0 Å². The predicted octanol–water partition coefficient (Wildman–Crippen LogP) is 1.82. The predicted molar refractivity (Wildman–Crippen MR) is 62.7 cm³/mol. The molecule has 1 saturated carbocycles. The molecule has 1 aliphatic heterocycles. The first kappa shape index (κ1) is 11.9. The molecule has 3 nitrogen and oxygen atoms in total. The monoisotopic (exact) mass is 222 g/mol. The Bertz CT molecular complexity index is 283. The van der Waals surface area contributed by atoms with E-state index in [0.717, 1.165) is 31.6 Å². The molecule has 0 aromatic carbocycles. The van der Waals surface area contributed by atoms with Crippen LogP contribution in [0, 0.1) is 22.7 Å². The summed E-state index contributed by atoms with van der Waals surface area (Å²) in [5, 5.41) is 22.9.